The summed E-state index contributed by atoms with van der Waals surface area (Å²) in [4.78, 5) is 11.4. The van der Waals surface area contributed by atoms with Crippen molar-refractivity contribution in [1.29, 1.82) is 0 Å². The van der Waals surface area contributed by atoms with E-state index in [-0.39, 0.29) is 17.4 Å². The molecule has 2 unspecified atom stereocenters. The molecule has 90 valence electrons. The number of unbranched alkanes of at least 4 members (excludes halogenated alkanes) is 1. The molecule has 0 fully saturated rings. The summed E-state index contributed by atoms with van der Waals surface area (Å²) in [6.07, 6.45) is 4.63. The first-order chi connectivity index (χ1) is 7.02. The Hall–Kier alpha value is -0.570. The van der Waals surface area contributed by atoms with Crippen LogP contribution >= 0.6 is 0 Å². The standard InChI is InChI=1S/C12H25NO2/c1-5-7-8-12(6-2,10(3)13)9-11(14)15-4/h10H,5-9,13H2,1-4H3. The van der Waals surface area contributed by atoms with Gasteiger partial charge in [0.25, 0.3) is 0 Å². The maximum Gasteiger partial charge on any atom is 0.306 e. The minimum atomic E-state index is -0.148. The summed E-state index contributed by atoms with van der Waals surface area (Å²) < 4.78 is 4.74. The molecule has 0 amide bonds. The molecule has 0 aromatic rings. The lowest BCUT2D eigenvalue weighted by atomic mass is 9.72. The molecule has 0 saturated heterocycles. The van der Waals surface area contributed by atoms with Crippen molar-refractivity contribution in [3.8, 4) is 0 Å². The minimum absolute atomic E-state index is 0.0353. The van der Waals surface area contributed by atoms with Gasteiger partial charge in [0.05, 0.1) is 13.5 Å². The molecule has 0 aliphatic carbocycles. The van der Waals surface area contributed by atoms with Crippen molar-refractivity contribution in [2.75, 3.05) is 7.11 Å². The Bertz CT molecular complexity index is 192. The number of carbonyl (C=O) groups excluding carboxylic acids is 1. The molecule has 0 aliphatic heterocycles. The van der Waals surface area contributed by atoms with Crippen molar-refractivity contribution in [3.05, 3.63) is 0 Å². The third-order valence-corrected chi connectivity index (χ3v) is 3.42. The molecule has 2 N–H and O–H groups in total. The molecule has 0 bridgehead atoms. The molecular formula is C12H25NO2. The third kappa shape index (κ3) is 4.20. The van der Waals surface area contributed by atoms with Crippen LogP contribution in [0, 0.1) is 5.41 Å². The quantitative estimate of drug-likeness (QED) is 0.664. The average molecular weight is 215 g/mol. The lowest BCUT2D eigenvalue weighted by molar-refractivity contribution is -0.144. The molecule has 0 rings (SSSR count). The van der Waals surface area contributed by atoms with Crippen LogP contribution < -0.4 is 5.73 Å². The maximum atomic E-state index is 11.4. The molecule has 0 aromatic heterocycles. The molecule has 3 nitrogen and oxygen atoms in total. The van der Waals surface area contributed by atoms with Gasteiger partial charge in [-0.3, -0.25) is 4.79 Å². The zero-order chi connectivity index (χ0) is 11.9. The first kappa shape index (κ1) is 14.4. The van der Waals surface area contributed by atoms with E-state index >= 15 is 0 Å². The number of hydrogen-bond acceptors (Lipinski definition) is 3. The second kappa shape index (κ2) is 6.83. The van der Waals surface area contributed by atoms with Crippen LogP contribution in [0.1, 0.15) is 52.9 Å². The molecule has 0 radical (unpaired) electrons. The molecule has 0 spiro atoms. The van der Waals surface area contributed by atoms with Crippen LogP contribution in [0.3, 0.4) is 0 Å². The van der Waals surface area contributed by atoms with Crippen LogP contribution in [0.4, 0.5) is 0 Å². The van der Waals surface area contributed by atoms with Crippen molar-refractivity contribution in [1.82, 2.24) is 0 Å². The Kier molecular flexibility index (Phi) is 6.57. The SMILES string of the molecule is CCCCC(CC)(CC(=O)OC)C(C)N. The van der Waals surface area contributed by atoms with Crippen LogP contribution in [0.2, 0.25) is 0 Å². The molecule has 0 aliphatic rings. The van der Waals surface area contributed by atoms with Gasteiger partial charge in [-0.2, -0.15) is 0 Å². The number of nitrogens with two attached hydrogens (primary N) is 1. The van der Waals surface area contributed by atoms with E-state index in [0.29, 0.717) is 6.42 Å². The number of ether oxygens (including phenoxy) is 1. The van der Waals surface area contributed by atoms with Crippen LogP contribution in [-0.2, 0) is 9.53 Å². The number of carbonyl (C=O) groups is 1. The Morgan fingerprint density at radius 1 is 1.47 bits per heavy atom. The van der Waals surface area contributed by atoms with E-state index in [2.05, 4.69) is 13.8 Å². The van der Waals surface area contributed by atoms with E-state index in [9.17, 15) is 4.79 Å². The Labute approximate surface area is 93.4 Å². The minimum Gasteiger partial charge on any atom is -0.469 e. The highest BCUT2D eigenvalue weighted by Gasteiger charge is 2.34. The zero-order valence-corrected chi connectivity index (χ0v) is 10.5. The topological polar surface area (TPSA) is 52.3 Å². The van der Waals surface area contributed by atoms with Crippen molar-refractivity contribution in [2.45, 2.75) is 58.9 Å². The van der Waals surface area contributed by atoms with Gasteiger partial charge in [-0.05, 0) is 25.2 Å². The summed E-state index contributed by atoms with van der Waals surface area (Å²) in [5.41, 5.74) is 5.94. The Morgan fingerprint density at radius 3 is 2.40 bits per heavy atom. The van der Waals surface area contributed by atoms with Gasteiger partial charge in [0, 0.05) is 6.04 Å². The third-order valence-electron chi connectivity index (χ3n) is 3.42. The lowest BCUT2D eigenvalue weighted by Crippen LogP contribution is -2.41. The summed E-state index contributed by atoms with van der Waals surface area (Å²) in [7, 11) is 1.43. The van der Waals surface area contributed by atoms with Crippen molar-refractivity contribution >= 4 is 5.97 Å². The first-order valence-corrected chi connectivity index (χ1v) is 5.84. The first-order valence-electron chi connectivity index (χ1n) is 5.84. The summed E-state index contributed by atoms with van der Waals surface area (Å²) in [6.45, 7) is 6.24. The van der Waals surface area contributed by atoms with Gasteiger partial charge >= 0.3 is 5.97 Å². The van der Waals surface area contributed by atoms with Gasteiger partial charge in [0.1, 0.15) is 0 Å². The maximum absolute atomic E-state index is 11.4. The van der Waals surface area contributed by atoms with Gasteiger partial charge in [-0.15, -0.1) is 0 Å². The predicted octanol–water partition coefficient (Wildman–Crippen LogP) is 2.48. The molecular weight excluding hydrogens is 190 g/mol. The second-order valence-corrected chi connectivity index (χ2v) is 4.36. The van der Waals surface area contributed by atoms with E-state index in [4.69, 9.17) is 10.5 Å². The fourth-order valence-corrected chi connectivity index (χ4v) is 1.99. The Balaban J connectivity index is 4.57. The zero-order valence-electron chi connectivity index (χ0n) is 10.5. The van der Waals surface area contributed by atoms with E-state index < -0.39 is 0 Å². The molecule has 0 aromatic carbocycles. The highest BCUT2D eigenvalue weighted by atomic mass is 16.5. The van der Waals surface area contributed by atoms with Crippen molar-refractivity contribution < 1.29 is 9.53 Å². The average Bonchev–Trinajstić information content (AvgIpc) is 2.23. The van der Waals surface area contributed by atoms with E-state index in [1.165, 1.54) is 7.11 Å². The van der Waals surface area contributed by atoms with Crippen LogP contribution in [0.5, 0.6) is 0 Å². The van der Waals surface area contributed by atoms with E-state index in [0.717, 1.165) is 25.7 Å². The van der Waals surface area contributed by atoms with E-state index in [1.807, 2.05) is 6.92 Å². The number of rotatable bonds is 7. The van der Waals surface area contributed by atoms with Gasteiger partial charge in [-0.1, -0.05) is 26.7 Å². The van der Waals surface area contributed by atoms with E-state index in [1.54, 1.807) is 0 Å². The molecule has 0 heterocycles. The smallest absolute Gasteiger partial charge is 0.306 e. The van der Waals surface area contributed by atoms with Gasteiger partial charge in [-0.25, -0.2) is 0 Å². The molecule has 0 saturated carbocycles. The monoisotopic (exact) mass is 215 g/mol. The summed E-state index contributed by atoms with van der Waals surface area (Å²) in [5, 5.41) is 0. The second-order valence-electron chi connectivity index (χ2n) is 4.36. The highest BCUT2D eigenvalue weighted by molar-refractivity contribution is 5.70. The number of hydrogen-bond donors (Lipinski definition) is 1. The van der Waals surface area contributed by atoms with Crippen LogP contribution in [0.15, 0.2) is 0 Å². The molecule has 3 heteroatoms. The van der Waals surface area contributed by atoms with Crippen LogP contribution in [-0.4, -0.2) is 19.1 Å². The fourth-order valence-electron chi connectivity index (χ4n) is 1.99. The summed E-state index contributed by atoms with van der Waals surface area (Å²) in [6, 6.07) is 0.0353. The predicted molar refractivity (Wildman–Crippen MR) is 62.5 cm³/mol. The number of esters is 1. The Morgan fingerprint density at radius 2 is 2.07 bits per heavy atom. The summed E-state index contributed by atoms with van der Waals surface area (Å²) >= 11 is 0. The fraction of sp³-hybridized carbons (Fsp3) is 0.917. The number of methoxy groups -OCH3 is 1. The highest BCUT2D eigenvalue weighted by Crippen LogP contribution is 2.35. The van der Waals surface area contributed by atoms with Gasteiger partial charge in [0.2, 0.25) is 0 Å². The van der Waals surface area contributed by atoms with Crippen molar-refractivity contribution in [3.63, 3.8) is 0 Å². The van der Waals surface area contributed by atoms with Gasteiger partial charge < -0.3 is 10.5 Å². The normalized spacial score (nSPS) is 16.9. The lowest BCUT2D eigenvalue weighted by Gasteiger charge is -2.35. The van der Waals surface area contributed by atoms with Crippen LogP contribution in [0.25, 0.3) is 0 Å². The van der Waals surface area contributed by atoms with Gasteiger partial charge in [0.15, 0.2) is 0 Å². The van der Waals surface area contributed by atoms with Crippen molar-refractivity contribution in [2.24, 2.45) is 11.1 Å². The largest absolute Gasteiger partial charge is 0.469 e. The molecule has 2 atom stereocenters. The molecule has 15 heavy (non-hydrogen) atoms. The summed E-state index contributed by atoms with van der Waals surface area (Å²) in [5.74, 6) is -0.148.